The second-order valence-corrected chi connectivity index (χ2v) is 4.72. The lowest BCUT2D eigenvalue weighted by Crippen LogP contribution is -2.40. The summed E-state index contributed by atoms with van der Waals surface area (Å²) >= 11 is 0. The van der Waals surface area contributed by atoms with Gasteiger partial charge >= 0.3 is 0 Å². The van der Waals surface area contributed by atoms with Gasteiger partial charge in [0.15, 0.2) is 0 Å². The summed E-state index contributed by atoms with van der Waals surface area (Å²) in [5.74, 6) is 0.242. The van der Waals surface area contributed by atoms with Crippen LogP contribution in [0.5, 0.6) is 5.75 Å². The van der Waals surface area contributed by atoms with Crippen LogP contribution in [-0.2, 0) is 0 Å². The Morgan fingerprint density at radius 3 is 2.06 bits per heavy atom. The minimum Gasteiger partial charge on any atom is -0.508 e. The van der Waals surface area contributed by atoms with Crippen LogP contribution in [0.4, 0.5) is 0 Å². The van der Waals surface area contributed by atoms with E-state index in [9.17, 15) is 5.11 Å². The molecule has 16 heavy (non-hydrogen) atoms. The van der Waals surface area contributed by atoms with Crippen LogP contribution in [0, 0.1) is 0 Å². The maximum Gasteiger partial charge on any atom is 0.115 e. The van der Waals surface area contributed by atoms with Gasteiger partial charge in [0.1, 0.15) is 5.75 Å². The number of phenolic OH excluding ortho intramolecular Hbond substituents is 1. The zero-order valence-electron chi connectivity index (χ0n) is 9.90. The number of halogens is 1. The van der Waals surface area contributed by atoms with Gasteiger partial charge in [-0.3, -0.25) is 0 Å². The lowest BCUT2D eigenvalue weighted by atomic mass is 10.0. The van der Waals surface area contributed by atoms with Crippen molar-refractivity contribution < 1.29 is 10.2 Å². The summed E-state index contributed by atoms with van der Waals surface area (Å²) in [5, 5.41) is 21.8. The molecular weight excluding hydrogens is 226 g/mol. The fourth-order valence-electron chi connectivity index (χ4n) is 1.46. The van der Waals surface area contributed by atoms with Crippen LogP contribution in [0.25, 0.3) is 0 Å². The van der Waals surface area contributed by atoms with E-state index in [0.29, 0.717) is 0 Å². The van der Waals surface area contributed by atoms with E-state index < -0.39 is 0 Å². The quantitative estimate of drug-likeness (QED) is 0.766. The van der Waals surface area contributed by atoms with Crippen molar-refractivity contribution in [2.24, 2.45) is 0 Å². The lowest BCUT2D eigenvalue weighted by Gasteiger charge is -2.27. The zero-order chi connectivity index (χ0) is 11.5. The van der Waals surface area contributed by atoms with Crippen molar-refractivity contribution in [3.8, 4) is 5.75 Å². The molecule has 4 heteroatoms. The first kappa shape index (κ1) is 15.2. The van der Waals surface area contributed by atoms with Gasteiger partial charge in [-0.15, -0.1) is 12.4 Å². The number of aliphatic hydroxyl groups is 1. The van der Waals surface area contributed by atoms with E-state index in [2.05, 4.69) is 26.1 Å². The summed E-state index contributed by atoms with van der Waals surface area (Å²) < 4.78 is 0. The Bertz CT molecular complexity index is 306. The third kappa shape index (κ3) is 4.84. The first-order valence-corrected chi connectivity index (χ1v) is 5.10. The van der Waals surface area contributed by atoms with E-state index in [1.807, 2.05) is 12.1 Å². The van der Waals surface area contributed by atoms with E-state index in [4.69, 9.17) is 5.11 Å². The smallest absolute Gasteiger partial charge is 0.115 e. The van der Waals surface area contributed by atoms with Gasteiger partial charge in [-0.05, 0) is 38.5 Å². The van der Waals surface area contributed by atoms with E-state index in [1.54, 1.807) is 12.1 Å². The molecule has 0 spiro atoms. The van der Waals surface area contributed by atoms with Crippen LogP contribution in [0.1, 0.15) is 32.4 Å². The molecule has 3 nitrogen and oxygen atoms in total. The van der Waals surface area contributed by atoms with Crippen molar-refractivity contribution in [3.05, 3.63) is 29.8 Å². The predicted molar refractivity (Wildman–Crippen MR) is 68.1 cm³/mol. The van der Waals surface area contributed by atoms with Gasteiger partial charge in [-0.1, -0.05) is 12.1 Å². The normalized spacial score (nSPS) is 13.0. The van der Waals surface area contributed by atoms with Gasteiger partial charge in [-0.2, -0.15) is 0 Å². The highest BCUT2D eigenvalue weighted by Crippen LogP contribution is 2.18. The Morgan fingerprint density at radius 2 is 1.69 bits per heavy atom. The average molecular weight is 246 g/mol. The zero-order valence-corrected chi connectivity index (χ0v) is 10.7. The highest BCUT2D eigenvalue weighted by Gasteiger charge is 2.17. The fraction of sp³-hybridized carbons (Fsp3) is 0.500. The molecule has 92 valence electrons. The number of aliphatic hydroxyl groups excluding tert-OH is 1. The second kappa shape index (κ2) is 6.09. The molecule has 0 aliphatic rings. The summed E-state index contributed by atoms with van der Waals surface area (Å²) in [6.45, 7) is 6.20. The molecular formula is C12H20ClNO2. The van der Waals surface area contributed by atoms with Crippen molar-refractivity contribution >= 4 is 12.4 Å². The topological polar surface area (TPSA) is 52.5 Å². The number of nitrogens with one attached hydrogen (secondary N) is 1. The standard InChI is InChI=1S/C12H19NO2.ClH/c1-12(2,3)13-11(8-14)9-4-6-10(15)7-5-9;/h4-7,11,13-15H,8H2,1-3H3;1H. The number of hydrogen-bond donors (Lipinski definition) is 3. The van der Waals surface area contributed by atoms with Gasteiger partial charge in [-0.25, -0.2) is 0 Å². The molecule has 0 aliphatic heterocycles. The van der Waals surface area contributed by atoms with E-state index in [0.717, 1.165) is 5.56 Å². The monoisotopic (exact) mass is 245 g/mol. The lowest BCUT2D eigenvalue weighted by molar-refractivity contribution is 0.217. The Kier molecular flexibility index (Phi) is 5.79. The highest BCUT2D eigenvalue weighted by molar-refractivity contribution is 5.85. The van der Waals surface area contributed by atoms with Crippen molar-refractivity contribution in [2.45, 2.75) is 32.4 Å². The molecule has 0 radical (unpaired) electrons. The summed E-state index contributed by atoms with van der Waals surface area (Å²) in [6, 6.07) is 6.79. The molecule has 0 fully saturated rings. The summed E-state index contributed by atoms with van der Waals surface area (Å²) in [5.41, 5.74) is 0.927. The summed E-state index contributed by atoms with van der Waals surface area (Å²) in [6.07, 6.45) is 0. The van der Waals surface area contributed by atoms with Gasteiger partial charge in [0.2, 0.25) is 0 Å². The molecule has 3 N–H and O–H groups in total. The Morgan fingerprint density at radius 1 is 1.19 bits per heavy atom. The third-order valence-electron chi connectivity index (χ3n) is 2.09. The third-order valence-corrected chi connectivity index (χ3v) is 2.09. The van der Waals surface area contributed by atoms with Crippen LogP contribution in [0.15, 0.2) is 24.3 Å². The van der Waals surface area contributed by atoms with Crippen molar-refractivity contribution in [1.29, 1.82) is 0 Å². The number of benzene rings is 1. The van der Waals surface area contributed by atoms with E-state index >= 15 is 0 Å². The average Bonchev–Trinajstić information content (AvgIpc) is 2.14. The maximum atomic E-state index is 9.29. The van der Waals surface area contributed by atoms with Gasteiger partial charge in [0.25, 0.3) is 0 Å². The largest absolute Gasteiger partial charge is 0.508 e. The first-order valence-electron chi connectivity index (χ1n) is 5.10. The molecule has 0 saturated carbocycles. The molecule has 1 aromatic rings. The Labute approximate surface area is 103 Å². The molecule has 0 bridgehead atoms. The van der Waals surface area contributed by atoms with Crippen LogP contribution in [-0.4, -0.2) is 22.4 Å². The SMILES string of the molecule is CC(C)(C)NC(CO)c1ccc(O)cc1.Cl. The molecule has 0 aliphatic carbocycles. The molecule has 0 saturated heterocycles. The minimum atomic E-state index is -0.0920. The highest BCUT2D eigenvalue weighted by atomic mass is 35.5. The van der Waals surface area contributed by atoms with Crippen LogP contribution in [0.2, 0.25) is 0 Å². The molecule has 0 aromatic heterocycles. The number of phenols is 1. The van der Waals surface area contributed by atoms with Crippen LogP contribution in [0.3, 0.4) is 0 Å². The van der Waals surface area contributed by atoms with Crippen LogP contribution < -0.4 is 5.32 Å². The second-order valence-electron chi connectivity index (χ2n) is 4.72. The molecule has 1 rings (SSSR count). The molecule has 1 atom stereocenters. The Balaban J connectivity index is 0.00000225. The molecule has 1 unspecified atom stereocenters. The Hall–Kier alpha value is -0.770. The van der Waals surface area contributed by atoms with Gasteiger partial charge in [0.05, 0.1) is 12.6 Å². The van der Waals surface area contributed by atoms with Crippen LogP contribution >= 0.6 is 12.4 Å². The molecule has 1 aromatic carbocycles. The minimum absolute atomic E-state index is 0. The summed E-state index contributed by atoms with van der Waals surface area (Å²) in [4.78, 5) is 0. The number of aromatic hydroxyl groups is 1. The molecule has 0 heterocycles. The molecule has 0 amide bonds. The number of rotatable bonds is 3. The number of hydrogen-bond acceptors (Lipinski definition) is 3. The first-order chi connectivity index (χ1) is 6.92. The van der Waals surface area contributed by atoms with Crippen molar-refractivity contribution in [1.82, 2.24) is 5.32 Å². The predicted octanol–water partition coefficient (Wildman–Crippen LogP) is 2.24. The maximum absolute atomic E-state index is 9.29. The van der Waals surface area contributed by atoms with Gasteiger partial charge in [0, 0.05) is 5.54 Å². The fourth-order valence-corrected chi connectivity index (χ4v) is 1.46. The van der Waals surface area contributed by atoms with E-state index in [-0.39, 0.29) is 36.3 Å². The summed E-state index contributed by atoms with van der Waals surface area (Å²) in [7, 11) is 0. The van der Waals surface area contributed by atoms with Gasteiger partial charge < -0.3 is 15.5 Å². The van der Waals surface area contributed by atoms with E-state index in [1.165, 1.54) is 0 Å². The van der Waals surface area contributed by atoms with Crippen molar-refractivity contribution in [2.75, 3.05) is 6.61 Å². The van der Waals surface area contributed by atoms with Crippen molar-refractivity contribution in [3.63, 3.8) is 0 Å².